The summed E-state index contributed by atoms with van der Waals surface area (Å²) < 4.78 is 48.7. The van der Waals surface area contributed by atoms with Crippen LogP contribution in [0.25, 0.3) is 0 Å². The molecule has 16 heteroatoms. The Morgan fingerprint density at radius 1 is 0.702 bits per heavy atom. The zero-order valence-electron chi connectivity index (χ0n) is 26.2. The van der Waals surface area contributed by atoms with Crippen LogP contribution in [0.3, 0.4) is 0 Å². The number of benzene rings is 1. The second-order valence-electron chi connectivity index (χ2n) is 10.3. The average molecular weight is 682 g/mol. The molecule has 0 unspecified atom stereocenters. The number of hydrogen-bond donors (Lipinski definition) is 4. The van der Waals surface area contributed by atoms with Crippen LogP contribution in [0.5, 0.6) is 0 Å². The third kappa shape index (κ3) is 18.1. The first kappa shape index (κ1) is 39.2. The summed E-state index contributed by atoms with van der Waals surface area (Å²) in [6, 6.07) is 9.28. The number of carbonyl (C=O) groups excluding carboxylic acids is 2. The highest BCUT2D eigenvalue weighted by Gasteiger charge is 2.15. The molecule has 0 bridgehead atoms. The normalized spacial score (nSPS) is 11.2. The van der Waals surface area contributed by atoms with Gasteiger partial charge in [-0.3, -0.25) is 19.1 Å². The van der Waals surface area contributed by atoms with E-state index in [4.69, 9.17) is 29.2 Å². The second-order valence-corrected chi connectivity index (χ2v) is 11.9. The van der Waals surface area contributed by atoms with Gasteiger partial charge >= 0.3 is 11.9 Å². The lowest BCUT2D eigenvalue weighted by molar-refractivity contribution is -0.142. The third-order valence-electron chi connectivity index (χ3n) is 6.36. The largest absolute Gasteiger partial charge is 0.481 e. The molecule has 2 aromatic rings. The van der Waals surface area contributed by atoms with Crippen LogP contribution in [-0.4, -0.2) is 107 Å². The number of aliphatic carboxylic acids is 2. The topological polar surface area (TPSA) is 217 Å². The Balaban J connectivity index is 1.55. The molecule has 0 atom stereocenters. The van der Waals surface area contributed by atoms with Crippen LogP contribution in [0.2, 0.25) is 0 Å². The number of nitrogens with zero attached hydrogens (tertiary/aromatic N) is 1. The number of amides is 1. The van der Waals surface area contributed by atoms with E-state index < -0.39 is 27.9 Å². The van der Waals surface area contributed by atoms with Crippen LogP contribution in [0.15, 0.2) is 47.5 Å². The summed E-state index contributed by atoms with van der Waals surface area (Å²) in [6.07, 6.45) is 5.12. The Hall–Kier alpha value is -3.96. The zero-order valence-corrected chi connectivity index (χ0v) is 27.0. The van der Waals surface area contributed by atoms with Gasteiger partial charge in [0.1, 0.15) is 19.0 Å². The Morgan fingerprint density at radius 2 is 1.38 bits per heavy atom. The Bertz CT molecular complexity index is 1350. The molecule has 1 aromatic carbocycles. The van der Waals surface area contributed by atoms with Crippen LogP contribution in [0.4, 0.5) is 5.82 Å². The van der Waals surface area contributed by atoms with Gasteiger partial charge in [0.25, 0.3) is 15.9 Å². The molecule has 2 rings (SSSR count). The van der Waals surface area contributed by atoms with Crippen LogP contribution < -0.4 is 10.0 Å². The molecule has 0 radical (unpaired) electrons. The lowest BCUT2D eigenvalue weighted by Gasteiger charge is -2.10. The van der Waals surface area contributed by atoms with Crippen molar-refractivity contribution in [3.05, 3.63) is 53.7 Å². The van der Waals surface area contributed by atoms with E-state index in [1.807, 2.05) is 0 Å². The molecule has 15 nitrogen and oxygen atoms in total. The van der Waals surface area contributed by atoms with E-state index in [9.17, 15) is 27.6 Å². The van der Waals surface area contributed by atoms with Gasteiger partial charge in [-0.1, -0.05) is 18.6 Å². The number of pyridine rings is 1. The number of nitrogens with one attached hydrogen (secondary N) is 2. The number of ketones is 1. The summed E-state index contributed by atoms with van der Waals surface area (Å²) in [5.74, 6) is -2.29. The second kappa shape index (κ2) is 22.5. The lowest BCUT2D eigenvalue weighted by atomic mass is 10.1. The molecule has 0 saturated carbocycles. The summed E-state index contributed by atoms with van der Waals surface area (Å²) >= 11 is 0. The summed E-state index contributed by atoms with van der Waals surface area (Å²) in [7, 11) is -3.89. The number of aryl methyl sites for hydroxylation is 1. The molecule has 1 aromatic heterocycles. The number of carboxylic acid groups (broad SMARTS) is 2. The maximum atomic E-state index is 12.8. The zero-order chi connectivity index (χ0) is 34.3. The van der Waals surface area contributed by atoms with Crippen LogP contribution in [0.1, 0.15) is 54.4 Å². The highest BCUT2D eigenvalue weighted by molar-refractivity contribution is 7.92. The highest BCUT2D eigenvalue weighted by Crippen LogP contribution is 2.17. The van der Waals surface area contributed by atoms with E-state index in [0.717, 1.165) is 24.8 Å². The van der Waals surface area contributed by atoms with Crippen molar-refractivity contribution in [2.75, 3.05) is 64.1 Å². The number of Topliss-reactive ketones (excluding diaryl/α,β-unsaturated/α-hetero) is 1. The van der Waals surface area contributed by atoms with E-state index in [-0.39, 0.29) is 81.3 Å². The van der Waals surface area contributed by atoms with Gasteiger partial charge < -0.3 is 34.5 Å². The summed E-state index contributed by atoms with van der Waals surface area (Å²) in [5, 5.41) is 19.8. The average Bonchev–Trinajstić information content (AvgIpc) is 3.03. The first-order valence-electron chi connectivity index (χ1n) is 15.2. The van der Waals surface area contributed by atoms with Crippen LogP contribution >= 0.6 is 0 Å². The van der Waals surface area contributed by atoms with E-state index in [1.165, 1.54) is 30.5 Å². The molecule has 0 fully saturated rings. The summed E-state index contributed by atoms with van der Waals surface area (Å²) in [5.41, 5.74) is 1.19. The van der Waals surface area contributed by atoms with Gasteiger partial charge in [0.2, 0.25) is 0 Å². The molecule has 0 aliphatic carbocycles. The number of anilines is 1. The quantitative estimate of drug-likeness (QED) is 0.0997. The standard InChI is InChI=1S/C31H43N3O12S/c35-26(6-4-15-43-17-20-46-23-30(38)39)22-45-19-18-44-16-14-32-31(40)25-10-13-28(33-21-25)34-47(41,42)27-11-8-24(9-12-27)5-2-1-3-7-29(36)37/h8-13,21H,1-7,14-20,22-23H2,(H,32,40)(H,33,34)(H,36,37)(H,38,39). The Morgan fingerprint density at radius 3 is 2.04 bits per heavy atom. The Kier molecular flexibility index (Phi) is 18.8. The fourth-order valence-corrected chi connectivity index (χ4v) is 4.98. The molecule has 0 spiro atoms. The van der Waals surface area contributed by atoms with E-state index in [0.29, 0.717) is 25.9 Å². The molecule has 1 heterocycles. The van der Waals surface area contributed by atoms with Crippen molar-refractivity contribution in [1.82, 2.24) is 10.3 Å². The molecule has 0 aliphatic heterocycles. The molecule has 1 amide bonds. The fraction of sp³-hybridized carbons (Fsp3) is 0.516. The lowest BCUT2D eigenvalue weighted by Crippen LogP contribution is -2.28. The fourth-order valence-electron chi connectivity index (χ4n) is 3.97. The van der Waals surface area contributed by atoms with Crippen molar-refractivity contribution in [1.29, 1.82) is 0 Å². The number of sulfonamides is 1. The minimum Gasteiger partial charge on any atom is -0.481 e. The van der Waals surface area contributed by atoms with Crippen molar-refractivity contribution >= 4 is 39.5 Å². The minimum absolute atomic E-state index is 0.0495. The number of hydrogen-bond acceptors (Lipinski definition) is 11. The number of rotatable bonds is 27. The number of ether oxygens (including phenoxy) is 4. The molecule has 260 valence electrons. The van der Waals surface area contributed by atoms with Crippen LogP contribution in [-0.2, 0) is 49.8 Å². The predicted octanol–water partition coefficient (Wildman–Crippen LogP) is 2.30. The van der Waals surface area contributed by atoms with Crippen molar-refractivity contribution in [2.45, 2.75) is 49.8 Å². The van der Waals surface area contributed by atoms with Gasteiger partial charge in [0.15, 0.2) is 5.78 Å². The first-order chi connectivity index (χ1) is 22.6. The minimum atomic E-state index is -3.89. The third-order valence-corrected chi connectivity index (χ3v) is 7.73. The molecule has 0 saturated heterocycles. The maximum Gasteiger partial charge on any atom is 0.329 e. The molecular formula is C31H43N3O12S. The number of carbonyl (C=O) groups is 4. The Labute approximate surface area is 274 Å². The first-order valence-corrected chi connectivity index (χ1v) is 16.7. The van der Waals surface area contributed by atoms with Crippen molar-refractivity contribution in [3.63, 3.8) is 0 Å². The molecular weight excluding hydrogens is 638 g/mol. The van der Waals surface area contributed by atoms with E-state index >= 15 is 0 Å². The monoisotopic (exact) mass is 681 g/mol. The number of carboxylic acids is 2. The molecule has 47 heavy (non-hydrogen) atoms. The van der Waals surface area contributed by atoms with Crippen LogP contribution in [0, 0.1) is 0 Å². The van der Waals surface area contributed by atoms with Gasteiger partial charge in [-0.2, -0.15) is 0 Å². The van der Waals surface area contributed by atoms with Crippen molar-refractivity contribution in [3.8, 4) is 0 Å². The number of unbranched alkanes of at least 4 members (excludes halogenated alkanes) is 2. The van der Waals surface area contributed by atoms with Gasteiger partial charge in [0, 0.05) is 32.2 Å². The van der Waals surface area contributed by atoms with E-state index in [2.05, 4.69) is 15.0 Å². The van der Waals surface area contributed by atoms with Gasteiger partial charge in [-0.15, -0.1) is 0 Å². The van der Waals surface area contributed by atoms with E-state index in [1.54, 1.807) is 12.1 Å². The number of aromatic nitrogens is 1. The van der Waals surface area contributed by atoms with Gasteiger partial charge in [-0.25, -0.2) is 18.2 Å². The molecule has 0 aliphatic rings. The van der Waals surface area contributed by atoms with Crippen molar-refractivity contribution < 1.29 is 56.8 Å². The highest BCUT2D eigenvalue weighted by atomic mass is 32.2. The SMILES string of the molecule is O=C(O)CCCCCc1ccc(S(=O)(=O)Nc2ccc(C(=O)NCCOCCOCC(=O)CCCOCCOCC(=O)O)cn2)cc1. The van der Waals surface area contributed by atoms with Gasteiger partial charge in [-0.05, 0) is 55.5 Å². The predicted molar refractivity (Wildman–Crippen MR) is 169 cm³/mol. The maximum absolute atomic E-state index is 12.8. The van der Waals surface area contributed by atoms with Gasteiger partial charge in [0.05, 0.1) is 43.5 Å². The molecule has 4 N–H and O–H groups in total. The summed E-state index contributed by atoms with van der Waals surface area (Å²) in [4.78, 5) is 49.2. The summed E-state index contributed by atoms with van der Waals surface area (Å²) in [6.45, 7) is 1.22. The van der Waals surface area contributed by atoms with Crippen molar-refractivity contribution in [2.24, 2.45) is 0 Å². The smallest absolute Gasteiger partial charge is 0.329 e.